The Morgan fingerprint density at radius 1 is 1.00 bits per heavy atom. The summed E-state index contributed by atoms with van der Waals surface area (Å²) in [4.78, 5) is 0. The van der Waals surface area contributed by atoms with Crippen LogP contribution in [0.4, 0.5) is 8.78 Å². The molecule has 0 amide bonds. The van der Waals surface area contributed by atoms with Gasteiger partial charge in [0.1, 0.15) is 0 Å². The average Bonchev–Trinajstić information content (AvgIpc) is 2.41. The molecule has 1 unspecified atom stereocenters. The minimum Gasteiger partial charge on any atom is -0.313 e. The third kappa shape index (κ3) is 5.68. The Balaban J connectivity index is 2.38. The second-order valence-corrected chi connectivity index (χ2v) is 5.07. The molecule has 0 radical (unpaired) electrons. The summed E-state index contributed by atoms with van der Waals surface area (Å²) in [5.41, 5.74) is 0.829. The SMILES string of the molecule is CCCCCCCCC(NC)c1ccc(F)c(F)c1. The molecule has 0 aliphatic carbocycles. The normalized spacial score (nSPS) is 12.6. The maximum atomic E-state index is 13.2. The Labute approximate surface area is 115 Å². The molecule has 1 nitrogen and oxygen atoms in total. The molecule has 0 saturated carbocycles. The van der Waals surface area contributed by atoms with Gasteiger partial charge >= 0.3 is 0 Å². The summed E-state index contributed by atoms with van der Waals surface area (Å²) in [5.74, 6) is -1.54. The smallest absolute Gasteiger partial charge is 0.159 e. The quantitative estimate of drug-likeness (QED) is 0.624. The van der Waals surface area contributed by atoms with Crippen LogP contribution in [0.15, 0.2) is 18.2 Å². The summed E-state index contributed by atoms with van der Waals surface area (Å²) in [7, 11) is 1.86. The van der Waals surface area contributed by atoms with Crippen LogP contribution in [-0.4, -0.2) is 7.05 Å². The Hall–Kier alpha value is -0.960. The van der Waals surface area contributed by atoms with Gasteiger partial charge in [-0.15, -0.1) is 0 Å². The lowest BCUT2D eigenvalue weighted by molar-refractivity contribution is 0.482. The van der Waals surface area contributed by atoms with Crippen LogP contribution in [0.3, 0.4) is 0 Å². The third-order valence-corrected chi connectivity index (χ3v) is 3.54. The van der Waals surface area contributed by atoms with Crippen LogP contribution in [0.5, 0.6) is 0 Å². The second-order valence-electron chi connectivity index (χ2n) is 5.07. The molecule has 0 spiro atoms. The van der Waals surface area contributed by atoms with Crippen molar-refractivity contribution < 1.29 is 8.78 Å². The van der Waals surface area contributed by atoms with Gasteiger partial charge in [0.2, 0.25) is 0 Å². The zero-order valence-corrected chi connectivity index (χ0v) is 12.0. The molecule has 19 heavy (non-hydrogen) atoms. The highest BCUT2D eigenvalue weighted by atomic mass is 19.2. The van der Waals surface area contributed by atoms with Gasteiger partial charge in [0, 0.05) is 6.04 Å². The summed E-state index contributed by atoms with van der Waals surface area (Å²) in [6, 6.07) is 4.28. The lowest BCUT2D eigenvalue weighted by atomic mass is 9.99. The third-order valence-electron chi connectivity index (χ3n) is 3.54. The summed E-state index contributed by atoms with van der Waals surface area (Å²) < 4.78 is 26.1. The van der Waals surface area contributed by atoms with E-state index >= 15 is 0 Å². The van der Waals surface area contributed by atoms with Crippen LogP contribution >= 0.6 is 0 Å². The molecule has 1 rings (SSSR count). The van der Waals surface area contributed by atoms with E-state index in [1.54, 1.807) is 6.07 Å². The molecule has 0 heterocycles. The highest BCUT2D eigenvalue weighted by molar-refractivity contribution is 5.21. The molecule has 1 aromatic carbocycles. The molecule has 108 valence electrons. The van der Waals surface area contributed by atoms with E-state index in [0.29, 0.717) is 0 Å². The van der Waals surface area contributed by atoms with Gasteiger partial charge in [-0.2, -0.15) is 0 Å². The first-order valence-corrected chi connectivity index (χ1v) is 7.31. The fourth-order valence-corrected chi connectivity index (χ4v) is 2.34. The molecule has 3 heteroatoms. The highest BCUT2D eigenvalue weighted by Gasteiger charge is 2.11. The van der Waals surface area contributed by atoms with Crippen LogP contribution in [0.25, 0.3) is 0 Å². The van der Waals surface area contributed by atoms with Gasteiger partial charge in [-0.05, 0) is 31.2 Å². The van der Waals surface area contributed by atoms with E-state index in [4.69, 9.17) is 0 Å². The van der Waals surface area contributed by atoms with Crippen LogP contribution in [0.1, 0.15) is 63.5 Å². The standard InChI is InChI=1S/C16H25F2N/c1-3-4-5-6-7-8-9-16(19-2)13-10-11-14(17)15(18)12-13/h10-12,16,19H,3-9H2,1-2H3. The Bertz CT molecular complexity index is 366. The monoisotopic (exact) mass is 269 g/mol. The summed E-state index contributed by atoms with van der Waals surface area (Å²) >= 11 is 0. The van der Waals surface area contributed by atoms with Crippen LogP contribution < -0.4 is 5.32 Å². The van der Waals surface area contributed by atoms with Gasteiger partial charge in [-0.25, -0.2) is 8.78 Å². The number of nitrogens with one attached hydrogen (secondary N) is 1. The van der Waals surface area contributed by atoms with Crippen molar-refractivity contribution in [3.05, 3.63) is 35.4 Å². The van der Waals surface area contributed by atoms with Gasteiger partial charge in [-0.1, -0.05) is 51.5 Å². The van der Waals surface area contributed by atoms with E-state index in [1.807, 2.05) is 7.05 Å². The zero-order valence-electron chi connectivity index (χ0n) is 12.0. The second kappa shape index (κ2) is 9.03. The van der Waals surface area contributed by atoms with E-state index in [1.165, 1.54) is 44.2 Å². The van der Waals surface area contributed by atoms with Crippen molar-refractivity contribution in [3.8, 4) is 0 Å². The van der Waals surface area contributed by atoms with Crippen molar-refractivity contribution in [1.29, 1.82) is 0 Å². The van der Waals surface area contributed by atoms with Gasteiger partial charge < -0.3 is 5.32 Å². The maximum absolute atomic E-state index is 13.2. The average molecular weight is 269 g/mol. The number of benzene rings is 1. The van der Waals surface area contributed by atoms with Crippen molar-refractivity contribution in [3.63, 3.8) is 0 Å². The molecule has 1 atom stereocenters. The van der Waals surface area contributed by atoms with Crippen molar-refractivity contribution in [2.75, 3.05) is 7.05 Å². The minimum atomic E-state index is -0.779. The topological polar surface area (TPSA) is 12.0 Å². The molecule has 1 aromatic rings. The fraction of sp³-hybridized carbons (Fsp3) is 0.625. The maximum Gasteiger partial charge on any atom is 0.159 e. The van der Waals surface area contributed by atoms with E-state index in [2.05, 4.69) is 12.2 Å². The first kappa shape index (κ1) is 16.1. The number of unbranched alkanes of at least 4 members (excludes halogenated alkanes) is 5. The minimum absolute atomic E-state index is 0.112. The number of hydrogen-bond acceptors (Lipinski definition) is 1. The lowest BCUT2D eigenvalue weighted by Crippen LogP contribution is -2.16. The summed E-state index contributed by atoms with van der Waals surface area (Å²) in [5, 5.41) is 3.18. The lowest BCUT2D eigenvalue weighted by Gasteiger charge is -2.16. The number of halogens is 2. The number of hydrogen-bond donors (Lipinski definition) is 1. The van der Waals surface area contributed by atoms with Crippen LogP contribution in [0.2, 0.25) is 0 Å². The largest absolute Gasteiger partial charge is 0.313 e. The van der Waals surface area contributed by atoms with Gasteiger partial charge in [0.05, 0.1) is 0 Å². The van der Waals surface area contributed by atoms with Gasteiger partial charge in [0.15, 0.2) is 11.6 Å². The first-order valence-electron chi connectivity index (χ1n) is 7.31. The van der Waals surface area contributed by atoms with E-state index in [0.717, 1.165) is 18.4 Å². The molecule has 0 saturated heterocycles. The van der Waals surface area contributed by atoms with Crippen molar-refractivity contribution in [2.45, 2.75) is 57.9 Å². The summed E-state index contributed by atoms with van der Waals surface area (Å²) in [6.07, 6.45) is 8.42. The van der Waals surface area contributed by atoms with Crippen LogP contribution in [0, 0.1) is 11.6 Å². The molecule has 0 fully saturated rings. The Kier molecular flexibility index (Phi) is 7.65. The van der Waals surface area contributed by atoms with E-state index < -0.39 is 11.6 Å². The molecular formula is C16H25F2N. The van der Waals surface area contributed by atoms with Crippen LogP contribution in [-0.2, 0) is 0 Å². The summed E-state index contributed by atoms with van der Waals surface area (Å²) in [6.45, 7) is 2.21. The molecular weight excluding hydrogens is 244 g/mol. The highest BCUT2D eigenvalue weighted by Crippen LogP contribution is 2.21. The molecule has 0 aliphatic rings. The van der Waals surface area contributed by atoms with Gasteiger partial charge in [-0.3, -0.25) is 0 Å². The Morgan fingerprint density at radius 2 is 1.68 bits per heavy atom. The molecule has 0 bridgehead atoms. The molecule has 1 N–H and O–H groups in total. The van der Waals surface area contributed by atoms with E-state index in [-0.39, 0.29) is 6.04 Å². The zero-order chi connectivity index (χ0) is 14.1. The van der Waals surface area contributed by atoms with Gasteiger partial charge in [0.25, 0.3) is 0 Å². The molecule has 0 aliphatic heterocycles. The van der Waals surface area contributed by atoms with Crippen molar-refractivity contribution in [2.24, 2.45) is 0 Å². The van der Waals surface area contributed by atoms with E-state index in [9.17, 15) is 8.78 Å². The predicted octanol–water partition coefficient (Wildman–Crippen LogP) is 4.98. The van der Waals surface area contributed by atoms with Crippen molar-refractivity contribution >= 4 is 0 Å². The Morgan fingerprint density at radius 3 is 2.32 bits per heavy atom. The predicted molar refractivity (Wildman–Crippen MR) is 76.2 cm³/mol. The van der Waals surface area contributed by atoms with Crippen molar-refractivity contribution in [1.82, 2.24) is 5.32 Å². The number of rotatable bonds is 9. The fourth-order valence-electron chi connectivity index (χ4n) is 2.34. The molecule has 0 aromatic heterocycles. The first-order chi connectivity index (χ1) is 9.19.